The number of benzene rings is 2. The highest BCUT2D eigenvalue weighted by atomic mass is 19.1. The van der Waals surface area contributed by atoms with Crippen molar-refractivity contribution in [2.45, 2.75) is 19.1 Å². The Morgan fingerprint density at radius 2 is 1.85 bits per heavy atom. The number of carbonyl (C=O) groups is 1. The van der Waals surface area contributed by atoms with E-state index in [9.17, 15) is 9.18 Å². The van der Waals surface area contributed by atoms with E-state index in [0.717, 1.165) is 11.1 Å². The van der Waals surface area contributed by atoms with Crippen molar-refractivity contribution in [1.82, 2.24) is 14.7 Å². The third-order valence-corrected chi connectivity index (χ3v) is 4.96. The monoisotopic (exact) mass is 364 g/mol. The molecule has 0 spiro atoms. The molecular weight excluding hydrogens is 343 g/mol. The number of para-hydroxylation sites is 1. The number of halogens is 1. The van der Waals surface area contributed by atoms with Crippen molar-refractivity contribution >= 4 is 11.6 Å². The van der Waals surface area contributed by atoms with E-state index in [-0.39, 0.29) is 17.8 Å². The summed E-state index contributed by atoms with van der Waals surface area (Å²) < 4.78 is 15.9. The van der Waals surface area contributed by atoms with Crippen LogP contribution in [0.25, 0.3) is 11.1 Å². The molecule has 1 amide bonds. The van der Waals surface area contributed by atoms with Gasteiger partial charge in [0, 0.05) is 18.3 Å². The first kappa shape index (κ1) is 17.4. The number of aromatic nitrogens is 2. The molecule has 5 nitrogen and oxygen atoms in total. The SMILES string of the molecule is CN(Cn1cc(-c2ccccc2)cn1)C1CCN(c2ccccc2F)C1=O. The Labute approximate surface area is 157 Å². The van der Waals surface area contributed by atoms with Gasteiger partial charge in [-0.2, -0.15) is 5.10 Å². The van der Waals surface area contributed by atoms with Crippen LogP contribution in [0.2, 0.25) is 0 Å². The lowest BCUT2D eigenvalue weighted by Crippen LogP contribution is -2.40. The summed E-state index contributed by atoms with van der Waals surface area (Å²) in [4.78, 5) is 16.3. The Morgan fingerprint density at radius 1 is 1.11 bits per heavy atom. The number of rotatable bonds is 5. The summed E-state index contributed by atoms with van der Waals surface area (Å²) >= 11 is 0. The maximum absolute atomic E-state index is 14.0. The van der Waals surface area contributed by atoms with Gasteiger partial charge in [0.25, 0.3) is 0 Å². The Balaban J connectivity index is 1.45. The van der Waals surface area contributed by atoms with Crippen molar-refractivity contribution in [1.29, 1.82) is 0 Å². The molecule has 1 atom stereocenters. The average molecular weight is 364 g/mol. The minimum Gasteiger partial charge on any atom is -0.308 e. The molecule has 1 saturated heterocycles. The third kappa shape index (κ3) is 3.48. The van der Waals surface area contributed by atoms with Crippen LogP contribution in [0.3, 0.4) is 0 Å². The van der Waals surface area contributed by atoms with Crippen LogP contribution in [0, 0.1) is 5.82 Å². The summed E-state index contributed by atoms with van der Waals surface area (Å²) in [6, 6.07) is 16.2. The molecule has 1 aliphatic heterocycles. The van der Waals surface area contributed by atoms with E-state index in [2.05, 4.69) is 5.10 Å². The Hall–Kier alpha value is -2.99. The summed E-state index contributed by atoms with van der Waals surface area (Å²) in [7, 11) is 1.90. The van der Waals surface area contributed by atoms with Crippen molar-refractivity contribution < 1.29 is 9.18 Å². The number of nitrogens with zero attached hydrogens (tertiary/aromatic N) is 4. The zero-order valence-corrected chi connectivity index (χ0v) is 15.1. The molecule has 138 valence electrons. The molecule has 27 heavy (non-hydrogen) atoms. The smallest absolute Gasteiger partial charge is 0.244 e. The van der Waals surface area contributed by atoms with Crippen LogP contribution in [0.4, 0.5) is 10.1 Å². The number of hydrogen-bond donors (Lipinski definition) is 0. The first-order chi connectivity index (χ1) is 13.1. The van der Waals surface area contributed by atoms with Gasteiger partial charge in [-0.1, -0.05) is 42.5 Å². The second kappa shape index (κ2) is 7.32. The Bertz CT molecular complexity index is 940. The summed E-state index contributed by atoms with van der Waals surface area (Å²) in [5, 5.41) is 4.41. The molecule has 1 aliphatic rings. The lowest BCUT2D eigenvalue weighted by atomic mass is 10.1. The first-order valence-electron chi connectivity index (χ1n) is 8.97. The summed E-state index contributed by atoms with van der Waals surface area (Å²) in [6.07, 6.45) is 4.46. The van der Waals surface area contributed by atoms with Crippen molar-refractivity contribution in [2.75, 3.05) is 18.5 Å². The standard InChI is InChI=1S/C21H21FN4O/c1-24(15-25-14-17(13-23-25)16-7-3-2-4-8-16)20-11-12-26(21(20)27)19-10-6-5-9-18(19)22/h2-10,13-14,20H,11-12,15H2,1H3. The molecule has 1 aromatic heterocycles. The number of anilines is 1. The number of hydrogen-bond acceptors (Lipinski definition) is 3. The number of carbonyl (C=O) groups excluding carboxylic acids is 1. The molecule has 0 aliphatic carbocycles. The van der Waals surface area contributed by atoms with Crippen molar-refractivity contribution in [2.24, 2.45) is 0 Å². The van der Waals surface area contributed by atoms with Gasteiger partial charge in [0.1, 0.15) is 5.82 Å². The molecule has 1 fully saturated rings. The van der Waals surface area contributed by atoms with Crippen molar-refractivity contribution in [3.05, 3.63) is 72.8 Å². The highest BCUT2D eigenvalue weighted by Gasteiger charge is 2.36. The maximum atomic E-state index is 14.0. The highest BCUT2D eigenvalue weighted by molar-refractivity contribution is 5.99. The molecule has 4 rings (SSSR count). The van der Waals surface area contributed by atoms with Crippen LogP contribution in [0.1, 0.15) is 6.42 Å². The van der Waals surface area contributed by atoms with Gasteiger partial charge in [-0.25, -0.2) is 4.39 Å². The van der Waals surface area contributed by atoms with Crippen LogP contribution < -0.4 is 4.90 Å². The normalized spacial score (nSPS) is 17.1. The fourth-order valence-electron chi connectivity index (χ4n) is 3.53. The topological polar surface area (TPSA) is 41.4 Å². The molecule has 0 radical (unpaired) electrons. The summed E-state index contributed by atoms with van der Waals surface area (Å²) in [5.41, 5.74) is 2.49. The van der Waals surface area contributed by atoms with E-state index in [0.29, 0.717) is 25.3 Å². The molecule has 0 N–H and O–H groups in total. The van der Waals surface area contributed by atoms with Crippen LogP contribution in [-0.2, 0) is 11.5 Å². The van der Waals surface area contributed by atoms with Crippen molar-refractivity contribution in [3.63, 3.8) is 0 Å². The predicted octanol–water partition coefficient (Wildman–Crippen LogP) is 3.38. The average Bonchev–Trinajstić information content (AvgIpc) is 3.30. The Kier molecular flexibility index (Phi) is 4.73. The van der Waals surface area contributed by atoms with Gasteiger partial charge in [-0.15, -0.1) is 0 Å². The minimum atomic E-state index is -0.367. The fourth-order valence-corrected chi connectivity index (χ4v) is 3.53. The van der Waals surface area contributed by atoms with E-state index >= 15 is 0 Å². The molecule has 0 saturated carbocycles. The van der Waals surface area contributed by atoms with Gasteiger partial charge in [-0.3, -0.25) is 14.4 Å². The largest absolute Gasteiger partial charge is 0.308 e. The molecule has 3 aromatic rings. The van der Waals surface area contributed by atoms with Gasteiger partial charge in [0.05, 0.1) is 24.6 Å². The predicted molar refractivity (Wildman–Crippen MR) is 103 cm³/mol. The van der Waals surface area contributed by atoms with Crippen LogP contribution in [-0.4, -0.2) is 40.2 Å². The molecule has 2 heterocycles. The fraction of sp³-hybridized carbons (Fsp3) is 0.238. The van der Waals surface area contributed by atoms with Crippen LogP contribution in [0.15, 0.2) is 67.0 Å². The minimum absolute atomic E-state index is 0.0713. The van der Waals surface area contributed by atoms with Crippen molar-refractivity contribution in [3.8, 4) is 11.1 Å². The summed E-state index contributed by atoms with van der Waals surface area (Å²) in [5.74, 6) is -0.438. The van der Waals surface area contributed by atoms with Gasteiger partial charge in [0.15, 0.2) is 0 Å². The van der Waals surface area contributed by atoms with Gasteiger partial charge < -0.3 is 4.90 Å². The highest BCUT2D eigenvalue weighted by Crippen LogP contribution is 2.26. The van der Waals surface area contributed by atoms with Crippen LogP contribution >= 0.6 is 0 Å². The number of likely N-dealkylation sites (N-methyl/N-ethyl adjacent to an activating group) is 1. The van der Waals surface area contributed by atoms with E-state index in [1.54, 1.807) is 18.2 Å². The van der Waals surface area contributed by atoms with E-state index in [1.165, 1.54) is 11.0 Å². The first-order valence-corrected chi connectivity index (χ1v) is 8.97. The quantitative estimate of drug-likeness (QED) is 0.697. The second-order valence-electron chi connectivity index (χ2n) is 6.78. The molecule has 0 bridgehead atoms. The number of amides is 1. The van der Waals surface area contributed by atoms with Crippen LogP contribution in [0.5, 0.6) is 0 Å². The third-order valence-electron chi connectivity index (χ3n) is 4.96. The lowest BCUT2D eigenvalue weighted by Gasteiger charge is -2.23. The zero-order valence-electron chi connectivity index (χ0n) is 15.1. The second-order valence-corrected chi connectivity index (χ2v) is 6.78. The molecule has 1 unspecified atom stereocenters. The van der Waals surface area contributed by atoms with E-state index in [4.69, 9.17) is 0 Å². The molecule has 6 heteroatoms. The molecule has 2 aromatic carbocycles. The summed E-state index contributed by atoms with van der Waals surface area (Å²) in [6.45, 7) is 1.01. The molecular formula is C21H21FN4O. The van der Waals surface area contributed by atoms with Gasteiger partial charge in [-0.05, 0) is 31.2 Å². The van der Waals surface area contributed by atoms with Gasteiger partial charge >= 0.3 is 0 Å². The van der Waals surface area contributed by atoms with E-state index in [1.807, 2.05) is 59.4 Å². The zero-order chi connectivity index (χ0) is 18.8. The Morgan fingerprint density at radius 3 is 2.63 bits per heavy atom. The van der Waals surface area contributed by atoms with E-state index < -0.39 is 0 Å². The lowest BCUT2D eigenvalue weighted by molar-refractivity contribution is -0.121. The maximum Gasteiger partial charge on any atom is 0.244 e. The van der Waals surface area contributed by atoms with Gasteiger partial charge in [0.2, 0.25) is 5.91 Å².